The topological polar surface area (TPSA) is 71.5 Å². The predicted octanol–water partition coefficient (Wildman–Crippen LogP) is 1.52. The SMILES string of the molecule is COCC(O)CCNC(=O)c1nc(Cl)ccc1Cl. The van der Waals surface area contributed by atoms with E-state index in [2.05, 4.69) is 10.3 Å². The van der Waals surface area contributed by atoms with E-state index in [-0.39, 0.29) is 22.5 Å². The summed E-state index contributed by atoms with van der Waals surface area (Å²) in [6, 6.07) is 3.01. The molecule has 0 aliphatic rings. The van der Waals surface area contributed by atoms with Crippen molar-refractivity contribution in [3.8, 4) is 0 Å². The van der Waals surface area contributed by atoms with Gasteiger partial charge in [-0.2, -0.15) is 0 Å². The molecule has 0 aromatic carbocycles. The van der Waals surface area contributed by atoms with Gasteiger partial charge in [-0.15, -0.1) is 0 Å². The third-order valence-electron chi connectivity index (χ3n) is 2.15. The highest BCUT2D eigenvalue weighted by molar-refractivity contribution is 6.34. The monoisotopic (exact) mass is 292 g/mol. The molecule has 100 valence electrons. The van der Waals surface area contributed by atoms with Gasteiger partial charge in [0.25, 0.3) is 5.91 Å². The second-order valence-corrected chi connectivity index (χ2v) is 4.41. The molecule has 18 heavy (non-hydrogen) atoms. The van der Waals surface area contributed by atoms with Gasteiger partial charge in [0.1, 0.15) is 10.8 Å². The van der Waals surface area contributed by atoms with E-state index < -0.39 is 12.0 Å². The number of amides is 1. The molecule has 0 aliphatic heterocycles. The summed E-state index contributed by atoms with van der Waals surface area (Å²) in [4.78, 5) is 15.6. The van der Waals surface area contributed by atoms with Gasteiger partial charge >= 0.3 is 0 Å². The standard InChI is InChI=1S/C11H14Cl2N2O3/c1-18-6-7(16)4-5-14-11(17)10-8(12)2-3-9(13)15-10/h2-3,7,16H,4-6H2,1H3,(H,14,17). The molecule has 0 aliphatic carbocycles. The lowest BCUT2D eigenvalue weighted by Gasteiger charge is -2.10. The Bertz CT molecular complexity index is 415. The quantitative estimate of drug-likeness (QED) is 0.780. The van der Waals surface area contributed by atoms with E-state index in [9.17, 15) is 9.90 Å². The van der Waals surface area contributed by atoms with E-state index >= 15 is 0 Å². The van der Waals surface area contributed by atoms with Crippen LogP contribution < -0.4 is 5.32 Å². The first-order chi connectivity index (χ1) is 8.54. The Morgan fingerprint density at radius 1 is 1.56 bits per heavy atom. The zero-order valence-corrected chi connectivity index (χ0v) is 11.3. The van der Waals surface area contributed by atoms with E-state index in [0.717, 1.165) is 0 Å². The highest BCUT2D eigenvalue weighted by Crippen LogP contribution is 2.16. The Morgan fingerprint density at radius 2 is 2.28 bits per heavy atom. The number of rotatable bonds is 6. The number of pyridine rings is 1. The second-order valence-electron chi connectivity index (χ2n) is 3.62. The number of aliphatic hydroxyl groups excluding tert-OH is 1. The number of hydrogen-bond acceptors (Lipinski definition) is 4. The van der Waals surface area contributed by atoms with Gasteiger partial charge in [-0.05, 0) is 18.6 Å². The number of methoxy groups -OCH3 is 1. The number of hydrogen-bond donors (Lipinski definition) is 2. The highest BCUT2D eigenvalue weighted by Gasteiger charge is 2.13. The zero-order chi connectivity index (χ0) is 13.5. The molecule has 2 N–H and O–H groups in total. The molecule has 0 bridgehead atoms. The summed E-state index contributed by atoms with van der Waals surface area (Å²) in [7, 11) is 1.50. The van der Waals surface area contributed by atoms with E-state index in [1.54, 1.807) is 0 Å². The van der Waals surface area contributed by atoms with Crippen LogP contribution in [0.1, 0.15) is 16.9 Å². The maximum atomic E-state index is 11.7. The summed E-state index contributed by atoms with van der Waals surface area (Å²) >= 11 is 11.5. The Morgan fingerprint density at radius 3 is 2.94 bits per heavy atom. The van der Waals surface area contributed by atoms with Crippen molar-refractivity contribution in [2.75, 3.05) is 20.3 Å². The number of aliphatic hydroxyl groups is 1. The van der Waals surface area contributed by atoms with Gasteiger partial charge in [-0.1, -0.05) is 23.2 Å². The first kappa shape index (κ1) is 15.2. The minimum Gasteiger partial charge on any atom is -0.391 e. The van der Waals surface area contributed by atoms with Gasteiger partial charge in [0, 0.05) is 13.7 Å². The molecule has 0 saturated carbocycles. The van der Waals surface area contributed by atoms with Crippen LogP contribution in [0.5, 0.6) is 0 Å². The summed E-state index contributed by atoms with van der Waals surface area (Å²) in [6.07, 6.45) is -0.226. The predicted molar refractivity (Wildman–Crippen MR) is 69.1 cm³/mol. The summed E-state index contributed by atoms with van der Waals surface area (Å²) in [5.41, 5.74) is 0.0744. The van der Waals surface area contributed by atoms with Crippen LogP contribution in [0.15, 0.2) is 12.1 Å². The Kier molecular flexibility index (Phi) is 6.35. The van der Waals surface area contributed by atoms with Gasteiger partial charge < -0.3 is 15.2 Å². The number of carbonyl (C=O) groups excluding carboxylic acids is 1. The van der Waals surface area contributed by atoms with Gasteiger partial charge in [0.2, 0.25) is 0 Å². The van der Waals surface area contributed by atoms with Crippen molar-refractivity contribution < 1.29 is 14.6 Å². The van der Waals surface area contributed by atoms with Crippen molar-refractivity contribution in [3.05, 3.63) is 28.0 Å². The van der Waals surface area contributed by atoms with Crippen LogP contribution in [-0.4, -0.2) is 42.4 Å². The molecule has 1 unspecified atom stereocenters. The van der Waals surface area contributed by atoms with Crippen LogP contribution in [0.3, 0.4) is 0 Å². The molecule has 1 aromatic rings. The first-order valence-corrected chi connectivity index (χ1v) is 6.07. The van der Waals surface area contributed by atoms with Gasteiger partial charge in [-0.3, -0.25) is 4.79 Å². The van der Waals surface area contributed by atoms with E-state index in [0.29, 0.717) is 13.0 Å². The molecular weight excluding hydrogens is 279 g/mol. The maximum absolute atomic E-state index is 11.7. The number of carbonyl (C=O) groups is 1. The molecule has 7 heteroatoms. The molecule has 5 nitrogen and oxygen atoms in total. The molecule has 1 amide bonds. The fourth-order valence-electron chi connectivity index (χ4n) is 1.29. The average Bonchev–Trinajstić information content (AvgIpc) is 2.32. The summed E-state index contributed by atoms with van der Waals surface area (Å²) < 4.78 is 4.77. The molecule has 1 atom stereocenters. The zero-order valence-electron chi connectivity index (χ0n) is 9.82. The fraction of sp³-hybridized carbons (Fsp3) is 0.455. The summed E-state index contributed by atoms with van der Waals surface area (Å²) in [6.45, 7) is 0.528. The van der Waals surface area contributed by atoms with Gasteiger partial charge in [0.15, 0.2) is 0 Å². The Hall–Kier alpha value is -0.880. The molecule has 1 aromatic heterocycles. The summed E-state index contributed by atoms with van der Waals surface area (Å²) in [5, 5.41) is 12.4. The average molecular weight is 293 g/mol. The molecule has 0 spiro atoms. The number of ether oxygens (including phenoxy) is 1. The van der Waals surface area contributed by atoms with Crippen molar-refractivity contribution >= 4 is 29.1 Å². The van der Waals surface area contributed by atoms with E-state index in [1.807, 2.05) is 0 Å². The molecule has 0 fully saturated rings. The minimum atomic E-state index is -0.613. The largest absolute Gasteiger partial charge is 0.391 e. The van der Waals surface area contributed by atoms with Crippen molar-refractivity contribution in [3.63, 3.8) is 0 Å². The van der Waals surface area contributed by atoms with Crippen LogP contribution in [0, 0.1) is 0 Å². The second kappa shape index (κ2) is 7.53. The fourth-order valence-corrected chi connectivity index (χ4v) is 1.63. The molecule has 0 radical (unpaired) electrons. The molecule has 1 heterocycles. The number of aromatic nitrogens is 1. The lowest BCUT2D eigenvalue weighted by Crippen LogP contribution is -2.29. The van der Waals surface area contributed by atoms with Crippen molar-refractivity contribution in [2.45, 2.75) is 12.5 Å². The van der Waals surface area contributed by atoms with Crippen molar-refractivity contribution in [1.82, 2.24) is 10.3 Å². The highest BCUT2D eigenvalue weighted by atomic mass is 35.5. The number of halogens is 2. The lowest BCUT2D eigenvalue weighted by molar-refractivity contribution is 0.0587. The number of nitrogens with one attached hydrogen (secondary N) is 1. The number of nitrogens with zero attached hydrogens (tertiary/aromatic N) is 1. The van der Waals surface area contributed by atoms with Crippen LogP contribution >= 0.6 is 23.2 Å². The Balaban J connectivity index is 2.48. The lowest BCUT2D eigenvalue weighted by atomic mass is 10.2. The maximum Gasteiger partial charge on any atom is 0.271 e. The third-order valence-corrected chi connectivity index (χ3v) is 2.66. The first-order valence-electron chi connectivity index (χ1n) is 5.32. The van der Waals surface area contributed by atoms with Gasteiger partial charge in [0.05, 0.1) is 17.7 Å². The van der Waals surface area contributed by atoms with Crippen LogP contribution in [0.4, 0.5) is 0 Å². The van der Waals surface area contributed by atoms with E-state index in [4.69, 9.17) is 27.9 Å². The smallest absolute Gasteiger partial charge is 0.271 e. The van der Waals surface area contributed by atoms with Crippen LogP contribution in [-0.2, 0) is 4.74 Å². The normalized spacial score (nSPS) is 12.2. The third kappa shape index (κ3) is 4.78. The minimum absolute atomic E-state index is 0.0744. The van der Waals surface area contributed by atoms with Crippen LogP contribution in [0.25, 0.3) is 0 Å². The molecule has 1 rings (SSSR count). The Labute approximate surface area is 115 Å². The van der Waals surface area contributed by atoms with Crippen LogP contribution in [0.2, 0.25) is 10.2 Å². The van der Waals surface area contributed by atoms with E-state index in [1.165, 1.54) is 19.2 Å². The summed E-state index contributed by atoms with van der Waals surface area (Å²) in [5.74, 6) is -0.424. The van der Waals surface area contributed by atoms with Crippen molar-refractivity contribution in [2.24, 2.45) is 0 Å². The van der Waals surface area contributed by atoms with Gasteiger partial charge in [-0.25, -0.2) is 4.98 Å². The molecular formula is C11H14Cl2N2O3. The molecule has 0 saturated heterocycles. The van der Waals surface area contributed by atoms with Crippen molar-refractivity contribution in [1.29, 1.82) is 0 Å².